The number of carbonyl (C=O) groups excluding carboxylic acids is 1. The number of aromatic nitrogens is 2. The molecule has 31 heavy (non-hydrogen) atoms. The van der Waals surface area contributed by atoms with E-state index in [1.165, 1.54) is 6.92 Å². The van der Waals surface area contributed by atoms with E-state index in [9.17, 15) is 4.79 Å². The number of carbonyl (C=O) groups is 1. The topological polar surface area (TPSA) is 65.3 Å². The number of pyridine rings is 1. The van der Waals surface area contributed by atoms with Crippen LogP contribution in [0.2, 0.25) is 0 Å². The predicted molar refractivity (Wildman–Crippen MR) is 120 cm³/mol. The number of benzene rings is 2. The molecule has 0 saturated heterocycles. The predicted octanol–water partition coefficient (Wildman–Crippen LogP) is 4.71. The maximum atomic E-state index is 12.9. The minimum absolute atomic E-state index is 0.141. The number of anilines is 2. The third-order valence-electron chi connectivity index (χ3n) is 5.02. The molecule has 0 bridgehead atoms. The zero-order valence-corrected chi connectivity index (χ0v) is 17.8. The lowest BCUT2D eigenvalue weighted by molar-refractivity contribution is -0.115. The van der Waals surface area contributed by atoms with E-state index in [0.717, 1.165) is 11.2 Å². The lowest BCUT2D eigenvalue weighted by Crippen LogP contribution is -2.24. The highest BCUT2D eigenvalue weighted by Gasteiger charge is 2.25. The van der Waals surface area contributed by atoms with Crippen LogP contribution in [0.5, 0.6) is 17.2 Å². The molecule has 0 saturated carbocycles. The highest BCUT2D eigenvalue weighted by molar-refractivity contribution is 6.02. The van der Waals surface area contributed by atoms with E-state index < -0.39 is 0 Å². The first-order valence-electron chi connectivity index (χ1n) is 9.71. The Hall–Kier alpha value is -4.00. The normalized spacial score (nSPS) is 10.7. The number of hydrogen-bond acceptors (Lipinski definition) is 5. The molecule has 4 rings (SSSR count). The molecule has 1 amide bonds. The van der Waals surface area contributed by atoms with E-state index >= 15 is 0 Å². The summed E-state index contributed by atoms with van der Waals surface area (Å²) in [4.78, 5) is 19.3. The third-order valence-corrected chi connectivity index (χ3v) is 5.02. The van der Waals surface area contributed by atoms with Crippen molar-refractivity contribution in [1.82, 2.24) is 9.38 Å². The number of fused-ring (bicyclic) bond motifs is 1. The highest BCUT2D eigenvalue weighted by atomic mass is 16.5. The molecule has 0 aliphatic heterocycles. The number of imidazole rings is 1. The maximum absolute atomic E-state index is 12.9. The minimum atomic E-state index is -0.141. The van der Waals surface area contributed by atoms with E-state index in [2.05, 4.69) is 0 Å². The molecule has 0 spiro atoms. The van der Waals surface area contributed by atoms with E-state index in [-0.39, 0.29) is 5.91 Å². The Kier molecular flexibility index (Phi) is 5.49. The second-order valence-electron chi connectivity index (χ2n) is 6.84. The summed E-state index contributed by atoms with van der Waals surface area (Å²) in [6, 6.07) is 18.7. The summed E-state index contributed by atoms with van der Waals surface area (Å²) in [6.07, 6.45) is 1.89. The fraction of sp³-hybridized carbons (Fsp3) is 0.167. The van der Waals surface area contributed by atoms with Crippen molar-refractivity contribution >= 4 is 23.1 Å². The summed E-state index contributed by atoms with van der Waals surface area (Å²) in [7, 11) is 4.79. The molecular formula is C24H23N3O4. The summed E-state index contributed by atoms with van der Waals surface area (Å²) in [6.45, 7) is 1.53. The monoisotopic (exact) mass is 417 g/mol. The first-order chi connectivity index (χ1) is 15.1. The molecule has 0 fully saturated rings. The van der Waals surface area contributed by atoms with Crippen LogP contribution in [0.3, 0.4) is 0 Å². The molecule has 2 aromatic carbocycles. The average Bonchev–Trinajstić information content (AvgIpc) is 3.18. The Morgan fingerprint density at radius 3 is 2.29 bits per heavy atom. The van der Waals surface area contributed by atoms with E-state index in [4.69, 9.17) is 19.2 Å². The summed E-state index contributed by atoms with van der Waals surface area (Å²) in [5, 5.41) is 0. The smallest absolute Gasteiger partial charge is 0.229 e. The number of methoxy groups -OCH3 is 3. The Bertz CT molecular complexity index is 1230. The molecule has 7 heteroatoms. The van der Waals surface area contributed by atoms with Gasteiger partial charge >= 0.3 is 0 Å². The maximum Gasteiger partial charge on any atom is 0.229 e. The van der Waals surface area contributed by atoms with Gasteiger partial charge in [0.05, 0.1) is 27.0 Å². The molecule has 2 aromatic heterocycles. The van der Waals surface area contributed by atoms with Gasteiger partial charge in [-0.05, 0) is 54.6 Å². The van der Waals surface area contributed by atoms with Crippen LogP contribution < -0.4 is 19.1 Å². The zero-order valence-electron chi connectivity index (χ0n) is 17.8. The van der Waals surface area contributed by atoms with Crippen LogP contribution in [0.1, 0.15) is 6.92 Å². The molecule has 158 valence electrons. The minimum Gasteiger partial charge on any atom is -0.497 e. The lowest BCUT2D eigenvalue weighted by Gasteiger charge is -2.22. The van der Waals surface area contributed by atoms with Gasteiger partial charge in [0, 0.05) is 18.7 Å². The highest BCUT2D eigenvalue weighted by Crippen LogP contribution is 2.39. The van der Waals surface area contributed by atoms with Crippen molar-refractivity contribution in [3.8, 4) is 28.5 Å². The molecule has 0 aliphatic carbocycles. The van der Waals surface area contributed by atoms with Gasteiger partial charge in [0.15, 0.2) is 17.3 Å². The van der Waals surface area contributed by atoms with Crippen LogP contribution in [0.15, 0.2) is 66.9 Å². The van der Waals surface area contributed by atoms with Gasteiger partial charge in [0.2, 0.25) is 5.91 Å². The van der Waals surface area contributed by atoms with Crippen molar-refractivity contribution in [1.29, 1.82) is 0 Å². The van der Waals surface area contributed by atoms with Crippen molar-refractivity contribution in [3.63, 3.8) is 0 Å². The van der Waals surface area contributed by atoms with Crippen LogP contribution in [-0.2, 0) is 4.79 Å². The van der Waals surface area contributed by atoms with Crippen LogP contribution in [-0.4, -0.2) is 36.6 Å². The number of rotatable bonds is 6. The summed E-state index contributed by atoms with van der Waals surface area (Å²) >= 11 is 0. The molecule has 2 heterocycles. The number of hydrogen-bond donors (Lipinski definition) is 0. The average molecular weight is 417 g/mol. The van der Waals surface area contributed by atoms with Gasteiger partial charge in [-0.2, -0.15) is 0 Å². The molecule has 4 aromatic rings. The first kappa shape index (κ1) is 20.3. The van der Waals surface area contributed by atoms with Gasteiger partial charge in [-0.3, -0.25) is 14.1 Å². The van der Waals surface area contributed by atoms with Gasteiger partial charge in [-0.1, -0.05) is 6.07 Å². The fourth-order valence-electron chi connectivity index (χ4n) is 3.56. The summed E-state index contributed by atoms with van der Waals surface area (Å²) in [5.41, 5.74) is 2.89. The summed E-state index contributed by atoms with van der Waals surface area (Å²) in [5.74, 6) is 2.42. The molecule has 7 nitrogen and oxygen atoms in total. The quantitative estimate of drug-likeness (QED) is 0.455. The van der Waals surface area contributed by atoms with Gasteiger partial charge in [0.1, 0.15) is 17.1 Å². The van der Waals surface area contributed by atoms with Gasteiger partial charge in [0.25, 0.3) is 0 Å². The summed E-state index contributed by atoms with van der Waals surface area (Å²) < 4.78 is 18.0. The molecular weight excluding hydrogens is 394 g/mol. The van der Waals surface area contributed by atoms with E-state index in [0.29, 0.717) is 34.4 Å². The third kappa shape index (κ3) is 3.66. The Morgan fingerprint density at radius 2 is 1.65 bits per heavy atom. The Labute approximate surface area is 180 Å². The Balaban J connectivity index is 1.97. The second-order valence-corrected chi connectivity index (χ2v) is 6.84. The molecule has 0 radical (unpaired) electrons. The van der Waals surface area contributed by atoms with Crippen molar-refractivity contribution in [2.75, 3.05) is 26.2 Å². The van der Waals surface area contributed by atoms with Crippen molar-refractivity contribution in [3.05, 3.63) is 66.9 Å². The second kappa shape index (κ2) is 8.39. The van der Waals surface area contributed by atoms with Crippen LogP contribution in [0.4, 0.5) is 11.5 Å². The largest absolute Gasteiger partial charge is 0.497 e. The number of amides is 1. The standard InChI is InChI=1S/C24H23N3O4/c1-16(28)27(18-9-11-19(29-2)12-10-18)24-23(25-22-7-5-6-14-26(22)24)17-8-13-20(30-3)21(15-17)31-4/h5-15H,1-4H3. The van der Waals surface area contributed by atoms with E-state index in [1.807, 2.05) is 71.3 Å². The number of nitrogens with zero attached hydrogens (tertiary/aromatic N) is 3. The molecule has 0 atom stereocenters. The Morgan fingerprint density at radius 1 is 0.903 bits per heavy atom. The van der Waals surface area contributed by atoms with E-state index in [1.54, 1.807) is 26.2 Å². The van der Waals surface area contributed by atoms with Crippen LogP contribution >= 0.6 is 0 Å². The van der Waals surface area contributed by atoms with Gasteiger partial charge < -0.3 is 14.2 Å². The van der Waals surface area contributed by atoms with Gasteiger partial charge in [-0.15, -0.1) is 0 Å². The fourth-order valence-corrected chi connectivity index (χ4v) is 3.56. The zero-order chi connectivity index (χ0) is 22.0. The van der Waals surface area contributed by atoms with Crippen molar-refractivity contribution in [2.24, 2.45) is 0 Å². The molecule has 0 unspecified atom stereocenters. The van der Waals surface area contributed by atoms with Crippen molar-refractivity contribution < 1.29 is 19.0 Å². The SMILES string of the molecule is COc1ccc(N(C(C)=O)c2c(-c3ccc(OC)c(OC)c3)nc3ccccn23)cc1. The van der Waals surface area contributed by atoms with Crippen LogP contribution in [0, 0.1) is 0 Å². The number of ether oxygens (including phenoxy) is 3. The first-order valence-corrected chi connectivity index (χ1v) is 9.71. The molecule has 0 N–H and O–H groups in total. The van der Waals surface area contributed by atoms with Crippen molar-refractivity contribution in [2.45, 2.75) is 6.92 Å². The molecule has 0 aliphatic rings. The lowest BCUT2D eigenvalue weighted by atomic mass is 10.1. The van der Waals surface area contributed by atoms with Gasteiger partial charge in [-0.25, -0.2) is 4.98 Å². The van der Waals surface area contributed by atoms with Crippen LogP contribution in [0.25, 0.3) is 16.9 Å².